The highest BCUT2D eigenvalue weighted by molar-refractivity contribution is 5.87. The molecule has 132 valence electrons. The number of benzene rings is 1. The molecule has 6 heteroatoms. The van der Waals surface area contributed by atoms with E-state index in [0.717, 1.165) is 35.2 Å². The van der Waals surface area contributed by atoms with Crippen molar-refractivity contribution >= 4 is 11.9 Å². The van der Waals surface area contributed by atoms with E-state index >= 15 is 0 Å². The van der Waals surface area contributed by atoms with Crippen molar-refractivity contribution in [2.75, 3.05) is 7.11 Å². The lowest BCUT2D eigenvalue weighted by Gasteiger charge is -2.24. The number of methoxy groups -OCH3 is 1. The van der Waals surface area contributed by atoms with Crippen LogP contribution < -0.4 is 5.32 Å². The number of amides is 1. The number of esters is 1. The number of hydrogen-bond donors (Lipinski definition) is 2. The Morgan fingerprint density at radius 2 is 2.00 bits per heavy atom. The molecular formula is C19H23N3O3. The van der Waals surface area contributed by atoms with E-state index in [0.29, 0.717) is 6.42 Å². The van der Waals surface area contributed by atoms with Gasteiger partial charge in [-0.2, -0.15) is 5.10 Å². The smallest absolute Gasteiger partial charge is 0.333 e. The number of hydrogen-bond acceptors (Lipinski definition) is 4. The van der Waals surface area contributed by atoms with Gasteiger partial charge in [-0.1, -0.05) is 29.3 Å². The van der Waals surface area contributed by atoms with Crippen LogP contribution in [0.25, 0.3) is 0 Å². The number of carbonyl (C=O) groups is 2. The van der Waals surface area contributed by atoms with Gasteiger partial charge in [-0.15, -0.1) is 0 Å². The van der Waals surface area contributed by atoms with Gasteiger partial charge in [0.1, 0.15) is 0 Å². The monoisotopic (exact) mass is 341 g/mol. The van der Waals surface area contributed by atoms with Gasteiger partial charge in [0.05, 0.1) is 13.3 Å². The van der Waals surface area contributed by atoms with E-state index in [2.05, 4.69) is 15.5 Å². The van der Waals surface area contributed by atoms with Crippen LogP contribution in [0.5, 0.6) is 0 Å². The van der Waals surface area contributed by atoms with Crippen LogP contribution in [0.4, 0.5) is 0 Å². The van der Waals surface area contributed by atoms with Crippen LogP contribution in [-0.4, -0.2) is 29.2 Å². The fourth-order valence-electron chi connectivity index (χ4n) is 3.46. The van der Waals surface area contributed by atoms with E-state index in [4.69, 9.17) is 4.74 Å². The molecule has 0 spiro atoms. The first-order chi connectivity index (χ1) is 12.0. The van der Waals surface area contributed by atoms with Crippen molar-refractivity contribution in [3.8, 4) is 0 Å². The third kappa shape index (κ3) is 3.73. The zero-order valence-electron chi connectivity index (χ0n) is 14.8. The van der Waals surface area contributed by atoms with E-state index < -0.39 is 12.0 Å². The van der Waals surface area contributed by atoms with E-state index in [9.17, 15) is 9.59 Å². The predicted molar refractivity (Wildman–Crippen MR) is 92.9 cm³/mol. The molecule has 0 bridgehead atoms. The zero-order chi connectivity index (χ0) is 18.0. The minimum absolute atomic E-state index is 0.130. The summed E-state index contributed by atoms with van der Waals surface area (Å²) in [6.45, 7) is 3.93. The quantitative estimate of drug-likeness (QED) is 0.835. The lowest BCUT2D eigenvalue weighted by Crippen LogP contribution is -2.40. The number of ether oxygens (including phenoxy) is 1. The van der Waals surface area contributed by atoms with Crippen molar-refractivity contribution in [2.24, 2.45) is 5.92 Å². The van der Waals surface area contributed by atoms with Crippen LogP contribution in [-0.2, 0) is 27.2 Å². The standard InChI is InChI=1S/C19H23N3O3/c1-11-6-12(2)8-15(7-11)17(19(24)25-3)21-18(23)13-4-5-14-10-20-22-16(14)9-13/h6-8,10,13,17H,4-5,9H2,1-3H3,(H,20,22)(H,21,23)/t13-,17-/m1/s1. The Morgan fingerprint density at radius 1 is 1.28 bits per heavy atom. The Kier molecular flexibility index (Phi) is 4.88. The number of aromatic amines is 1. The van der Waals surface area contributed by atoms with Crippen LogP contribution >= 0.6 is 0 Å². The van der Waals surface area contributed by atoms with Gasteiger partial charge in [-0.05, 0) is 37.8 Å². The number of nitrogens with zero attached hydrogens (tertiary/aromatic N) is 1. The second-order valence-electron chi connectivity index (χ2n) is 6.70. The Morgan fingerprint density at radius 3 is 2.68 bits per heavy atom. The SMILES string of the molecule is COC(=O)[C@H](NC(=O)[C@@H]1CCc2cn[nH]c2C1)c1cc(C)cc(C)c1. The topological polar surface area (TPSA) is 84.1 Å². The molecule has 0 radical (unpaired) electrons. The third-order valence-corrected chi connectivity index (χ3v) is 4.69. The molecule has 1 aliphatic rings. The number of fused-ring (bicyclic) bond motifs is 1. The van der Waals surface area contributed by atoms with Crippen LogP contribution in [0, 0.1) is 19.8 Å². The zero-order valence-corrected chi connectivity index (χ0v) is 14.8. The van der Waals surface area contributed by atoms with Crippen molar-refractivity contribution in [1.29, 1.82) is 0 Å². The highest BCUT2D eigenvalue weighted by atomic mass is 16.5. The van der Waals surface area contributed by atoms with Crippen LogP contribution in [0.3, 0.4) is 0 Å². The lowest BCUT2D eigenvalue weighted by atomic mass is 9.87. The summed E-state index contributed by atoms with van der Waals surface area (Å²) in [5, 5.41) is 9.87. The van der Waals surface area contributed by atoms with Crippen molar-refractivity contribution in [3.63, 3.8) is 0 Å². The van der Waals surface area contributed by atoms with E-state index in [-0.39, 0.29) is 11.8 Å². The van der Waals surface area contributed by atoms with E-state index in [1.54, 1.807) is 0 Å². The van der Waals surface area contributed by atoms with Gasteiger partial charge in [-0.3, -0.25) is 9.89 Å². The summed E-state index contributed by atoms with van der Waals surface area (Å²) < 4.78 is 4.91. The summed E-state index contributed by atoms with van der Waals surface area (Å²) in [5.41, 5.74) is 5.00. The molecule has 6 nitrogen and oxygen atoms in total. The molecule has 1 aliphatic carbocycles. The summed E-state index contributed by atoms with van der Waals surface area (Å²) in [4.78, 5) is 25.0. The van der Waals surface area contributed by atoms with Gasteiger partial charge in [0.25, 0.3) is 0 Å². The summed E-state index contributed by atoms with van der Waals surface area (Å²) in [6.07, 6.45) is 3.99. The van der Waals surface area contributed by atoms with Crippen molar-refractivity contribution in [2.45, 2.75) is 39.2 Å². The molecule has 1 amide bonds. The number of carbonyl (C=O) groups excluding carboxylic acids is 2. The minimum Gasteiger partial charge on any atom is -0.467 e. The largest absolute Gasteiger partial charge is 0.467 e. The molecule has 0 saturated heterocycles. The van der Waals surface area contributed by atoms with Crippen molar-refractivity contribution in [1.82, 2.24) is 15.5 Å². The predicted octanol–water partition coefficient (Wildman–Crippen LogP) is 2.16. The van der Waals surface area contributed by atoms with Gasteiger partial charge in [0, 0.05) is 18.0 Å². The molecule has 2 N–H and O–H groups in total. The maximum atomic E-state index is 12.8. The fourth-order valence-corrected chi connectivity index (χ4v) is 3.46. The Bertz CT molecular complexity index is 777. The molecule has 25 heavy (non-hydrogen) atoms. The maximum absolute atomic E-state index is 12.8. The second-order valence-corrected chi connectivity index (χ2v) is 6.70. The summed E-state index contributed by atoms with van der Waals surface area (Å²) in [7, 11) is 1.33. The molecule has 0 unspecified atom stereocenters. The fraction of sp³-hybridized carbons (Fsp3) is 0.421. The van der Waals surface area contributed by atoms with Crippen molar-refractivity contribution < 1.29 is 14.3 Å². The van der Waals surface area contributed by atoms with Gasteiger partial charge >= 0.3 is 5.97 Å². The van der Waals surface area contributed by atoms with Gasteiger partial charge in [0.15, 0.2) is 6.04 Å². The first-order valence-corrected chi connectivity index (χ1v) is 8.45. The number of H-pyrrole nitrogens is 1. The first-order valence-electron chi connectivity index (χ1n) is 8.45. The normalized spacial score (nSPS) is 17.5. The van der Waals surface area contributed by atoms with Gasteiger partial charge in [-0.25, -0.2) is 4.79 Å². The molecular weight excluding hydrogens is 318 g/mol. The molecule has 0 fully saturated rings. The number of aromatic nitrogens is 2. The van der Waals surface area contributed by atoms with Gasteiger partial charge in [0.2, 0.25) is 5.91 Å². The summed E-state index contributed by atoms with van der Waals surface area (Å²) in [6, 6.07) is 5.05. The second kappa shape index (κ2) is 7.09. The molecule has 0 saturated carbocycles. The third-order valence-electron chi connectivity index (χ3n) is 4.69. The maximum Gasteiger partial charge on any atom is 0.333 e. The van der Waals surface area contributed by atoms with Crippen LogP contribution in [0.15, 0.2) is 24.4 Å². The molecule has 1 heterocycles. The Balaban J connectivity index is 1.79. The average Bonchev–Trinajstić information content (AvgIpc) is 3.05. The summed E-state index contributed by atoms with van der Waals surface area (Å²) in [5.74, 6) is -0.766. The first kappa shape index (κ1) is 17.2. The number of rotatable bonds is 4. The lowest BCUT2D eigenvalue weighted by molar-refractivity contribution is -0.145. The Hall–Kier alpha value is -2.63. The van der Waals surface area contributed by atoms with Crippen LogP contribution in [0.2, 0.25) is 0 Å². The van der Waals surface area contributed by atoms with E-state index in [1.807, 2.05) is 38.2 Å². The molecule has 2 atom stereocenters. The number of nitrogens with one attached hydrogen (secondary N) is 2. The van der Waals surface area contributed by atoms with Crippen LogP contribution in [0.1, 0.15) is 40.4 Å². The minimum atomic E-state index is -0.792. The van der Waals surface area contributed by atoms with Crippen molar-refractivity contribution in [3.05, 3.63) is 52.3 Å². The highest BCUT2D eigenvalue weighted by Crippen LogP contribution is 2.25. The van der Waals surface area contributed by atoms with Gasteiger partial charge < -0.3 is 10.1 Å². The summed E-state index contributed by atoms with van der Waals surface area (Å²) >= 11 is 0. The molecule has 1 aromatic heterocycles. The molecule has 3 rings (SSSR count). The highest BCUT2D eigenvalue weighted by Gasteiger charge is 2.30. The molecule has 1 aromatic carbocycles. The Labute approximate surface area is 147 Å². The average molecular weight is 341 g/mol. The molecule has 0 aliphatic heterocycles. The molecule has 2 aromatic rings. The number of aryl methyl sites for hydroxylation is 3. The van der Waals surface area contributed by atoms with E-state index in [1.165, 1.54) is 12.7 Å².